The largest absolute Gasteiger partial charge is 0.487 e. The highest BCUT2D eigenvalue weighted by molar-refractivity contribution is 7.99. The van der Waals surface area contributed by atoms with E-state index in [1.54, 1.807) is 42.6 Å². The predicted molar refractivity (Wildman–Crippen MR) is 122 cm³/mol. The van der Waals surface area contributed by atoms with Gasteiger partial charge in [-0.15, -0.1) is 0 Å². The van der Waals surface area contributed by atoms with Crippen molar-refractivity contribution >= 4 is 35.4 Å². The number of para-hydroxylation sites is 1. The Hall–Kier alpha value is -3.72. The maximum absolute atomic E-state index is 12.6. The summed E-state index contributed by atoms with van der Waals surface area (Å²) in [6, 6.07) is 18.8. The van der Waals surface area contributed by atoms with E-state index in [2.05, 4.69) is 10.3 Å². The Morgan fingerprint density at radius 2 is 1.79 bits per heavy atom. The van der Waals surface area contributed by atoms with Gasteiger partial charge in [-0.25, -0.2) is 4.79 Å². The minimum Gasteiger partial charge on any atom is -0.487 e. The van der Waals surface area contributed by atoms with Gasteiger partial charge in [0, 0.05) is 17.2 Å². The van der Waals surface area contributed by atoms with Gasteiger partial charge in [0.2, 0.25) is 0 Å². The Morgan fingerprint density at radius 1 is 1.03 bits per heavy atom. The number of halogens is 2. The molecular formula is C24H20F2N2O4S. The number of alkyl halides is 2. The molecule has 0 fully saturated rings. The zero-order valence-electron chi connectivity index (χ0n) is 17.3. The van der Waals surface area contributed by atoms with E-state index < -0.39 is 24.2 Å². The van der Waals surface area contributed by atoms with Crippen molar-refractivity contribution in [2.45, 2.75) is 17.3 Å². The molecule has 1 amide bonds. The number of thioether (sulfide) groups is 1. The van der Waals surface area contributed by atoms with Crippen molar-refractivity contribution in [2.24, 2.45) is 0 Å². The summed E-state index contributed by atoms with van der Waals surface area (Å²) < 4.78 is 35.8. The van der Waals surface area contributed by atoms with Crippen LogP contribution in [0.2, 0.25) is 0 Å². The van der Waals surface area contributed by atoms with Crippen LogP contribution < -0.4 is 10.1 Å². The van der Waals surface area contributed by atoms with Crippen LogP contribution in [0.4, 0.5) is 14.5 Å². The van der Waals surface area contributed by atoms with Crippen molar-refractivity contribution in [3.63, 3.8) is 0 Å². The second-order valence-electron chi connectivity index (χ2n) is 6.54. The van der Waals surface area contributed by atoms with E-state index >= 15 is 0 Å². The van der Waals surface area contributed by atoms with Crippen molar-refractivity contribution in [3.05, 3.63) is 90.3 Å². The van der Waals surface area contributed by atoms with Crippen molar-refractivity contribution < 1.29 is 27.8 Å². The van der Waals surface area contributed by atoms with Crippen molar-refractivity contribution in [3.8, 4) is 5.75 Å². The highest BCUT2D eigenvalue weighted by Crippen LogP contribution is 2.31. The molecule has 9 heteroatoms. The molecule has 0 saturated carbocycles. The fraction of sp³-hybridized carbons (Fsp3) is 0.125. The van der Waals surface area contributed by atoms with Gasteiger partial charge in [0.15, 0.2) is 6.61 Å². The van der Waals surface area contributed by atoms with E-state index in [1.807, 2.05) is 18.2 Å². The van der Waals surface area contributed by atoms with Gasteiger partial charge >= 0.3 is 5.97 Å². The second-order valence-corrected chi connectivity index (χ2v) is 7.57. The average Bonchev–Trinajstić information content (AvgIpc) is 2.82. The summed E-state index contributed by atoms with van der Waals surface area (Å²) in [6.07, 6.45) is 4.43. The van der Waals surface area contributed by atoms with E-state index in [-0.39, 0.29) is 10.6 Å². The molecule has 0 saturated heterocycles. The lowest BCUT2D eigenvalue weighted by atomic mass is 10.2. The van der Waals surface area contributed by atoms with Crippen molar-refractivity contribution in [1.29, 1.82) is 0 Å². The molecule has 0 radical (unpaired) electrons. The third kappa shape index (κ3) is 8.38. The van der Waals surface area contributed by atoms with Crippen LogP contribution in [0.3, 0.4) is 0 Å². The van der Waals surface area contributed by atoms with Gasteiger partial charge in [-0.1, -0.05) is 42.1 Å². The lowest BCUT2D eigenvalue weighted by Crippen LogP contribution is -2.20. The maximum atomic E-state index is 12.6. The van der Waals surface area contributed by atoms with Crippen LogP contribution in [0.5, 0.6) is 5.75 Å². The summed E-state index contributed by atoms with van der Waals surface area (Å²) in [4.78, 5) is 28.3. The van der Waals surface area contributed by atoms with Gasteiger partial charge < -0.3 is 14.8 Å². The first-order valence-corrected chi connectivity index (χ1v) is 10.7. The number of rotatable bonds is 10. The van der Waals surface area contributed by atoms with Crippen molar-refractivity contribution in [1.82, 2.24) is 4.98 Å². The van der Waals surface area contributed by atoms with E-state index in [0.717, 1.165) is 11.3 Å². The molecule has 6 nitrogen and oxygen atoms in total. The number of nitrogens with one attached hydrogen (secondary N) is 1. The molecule has 0 aliphatic heterocycles. The summed E-state index contributed by atoms with van der Waals surface area (Å²) >= 11 is 0.321. The lowest BCUT2D eigenvalue weighted by Gasteiger charge is -2.10. The summed E-state index contributed by atoms with van der Waals surface area (Å²) in [7, 11) is 0. The first-order chi connectivity index (χ1) is 16.0. The maximum Gasteiger partial charge on any atom is 0.331 e. The molecule has 3 aromatic rings. The molecule has 33 heavy (non-hydrogen) atoms. The number of esters is 1. The van der Waals surface area contributed by atoms with Gasteiger partial charge in [0.1, 0.15) is 12.4 Å². The number of carbonyl (C=O) groups is 2. The molecule has 2 aromatic carbocycles. The SMILES string of the molecule is O=C(COC(=O)C=Cc1ccc(OCc2ccccn2)cc1)Nc1ccccc1SC(F)F. The number of pyridine rings is 1. The zero-order chi connectivity index (χ0) is 23.5. The van der Waals surface area contributed by atoms with Crippen LogP contribution in [0.1, 0.15) is 11.3 Å². The third-order valence-electron chi connectivity index (χ3n) is 4.13. The first kappa shape index (κ1) is 23.9. The van der Waals surface area contributed by atoms with Gasteiger partial charge in [0.05, 0.1) is 11.4 Å². The minimum atomic E-state index is -2.62. The Balaban J connectivity index is 1.44. The predicted octanol–water partition coefficient (Wildman–Crippen LogP) is 5.17. The molecular weight excluding hydrogens is 450 g/mol. The topological polar surface area (TPSA) is 77.5 Å². The van der Waals surface area contributed by atoms with E-state index in [0.29, 0.717) is 24.1 Å². The van der Waals surface area contributed by atoms with Crippen LogP contribution in [-0.2, 0) is 20.9 Å². The van der Waals surface area contributed by atoms with Crippen LogP contribution in [-0.4, -0.2) is 29.2 Å². The third-order valence-corrected chi connectivity index (χ3v) is 4.92. The molecule has 0 aliphatic carbocycles. The quantitative estimate of drug-likeness (QED) is 0.250. The molecule has 1 N–H and O–H groups in total. The highest BCUT2D eigenvalue weighted by atomic mass is 32.2. The van der Waals surface area contributed by atoms with Crippen LogP contribution in [0, 0.1) is 0 Å². The van der Waals surface area contributed by atoms with Crippen molar-refractivity contribution in [2.75, 3.05) is 11.9 Å². The average molecular weight is 470 g/mol. The van der Waals surface area contributed by atoms with Crippen LogP contribution in [0.25, 0.3) is 6.08 Å². The first-order valence-electron chi connectivity index (χ1n) is 9.81. The lowest BCUT2D eigenvalue weighted by molar-refractivity contribution is -0.142. The molecule has 1 heterocycles. The van der Waals surface area contributed by atoms with E-state index in [4.69, 9.17) is 9.47 Å². The van der Waals surface area contributed by atoms with E-state index in [9.17, 15) is 18.4 Å². The number of aromatic nitrogens is 1. The fourth-order valence-corrected chi connectivity index (χ4v) is 3.22. The molecule has 0 unspecified atom stereocenters. The smallest absolute Gasteiger partial charge is 0.331 e. The number of carbonyl (C=O) groups excluding carboxylic acids is 2. The molecule has 0 spiro atoms. The zero-order valence-corrected chi connectivity index (χ0v) is 18.1. The Labute approximate surface area is 193 Å². The van der Waals surface area contributed by atoms with Gasteiger partial charge in [0.25, 0.3) is 11.7 Å². The Morgan fingerprint density at radius 3 is 2.52 bits per heavy atom. The number of hydrogen-bond acceptors (Lipinski definition) is 6. The summed E-state index contributed by atoms with van der Waals surface area (Å²) in [5.41, 5.74) is 1.77. The summed E-state index contributed by atoms with van der Waals surface area (Å²) in [5, 5.41) is 2.46. The van der Waals surface area contributed by atoms with Crippen LogP contribution >= 0.6 is 11.8 Å². The molecule has 1 aromatic heterocycles. The second kappa shape index (κ2) is 12.4. The number of amides is 1. The van der Waals surface area contributed by atoms with Gasteiger partial charge in [-0.05, 0) is 48.0 Å². The number of nitrogens with zero attached hydrogens (tertiary/aromatic N) is 1. The van der Waals surface area contributed by atoms with E-state index in [1.165, 1.54) is 24.3 Å². The Bertz CT molecular complexity index is 1090. The number of benzene rings is 2. The molecule has 3 rings (SSSR count). The molecule has 0 bridgehead atoms. The Kier molecular flexibility index (Phi) is 8.96. The standard InChI is InChI=1S/C24H20F2N2O4S/c25-24(26)33-21-7-2-1-6-20(21)28-22(29)16-32-23(30)13-10-17-8-11-19(12-9-17)31-15-18-5-3-4-14-27-18/h1-14,24H,15-16H2,(H,28,29). The van der Waals surface area contributed by atoms with Gasteiger partial charge in [-0.2, -0.15) is 8.78 Å². The number of anilines is 1. The summed E-state index contributed by atoms with van der Waals surface area (Å²) in [6.45, 7) is -0.202. The van der Waals surface area contributed by atoms with Gasteiger partial charge in [-0.3, -0.25) is 9.78 Å². The normalized spacial score (nSPS) is 10.9. The minimum absolute atomic E-state index is 0.222. The summed E-state index contributed by atoms with van der Waals surface area (Å²) in [5.74, 6) is -3.31. The highest BCUT2D eigenvalue weighted by Gasteiger charge is 2.12. The molecule has 0 aliphatic rings. The molecule has 0 atom stereocenters. The molecule has 170 valence electrons. The monoisotopic (exact) mass is 470 g/mol. The fourth-order valence-electron chi connectivity index (χ4n) is 2.62. The number of ether oxygens (including phenoxy) is 2. The number of hydrogen-bond donors (Lipinski definition) is 1. The van der Waals surface area contributed by atoms with Crippen LogP contribution in [0.15, 0.2) is 83.9 Å².